The molecule has 5 nitrogen and oxygen atoms in total. The van der Waals surface area contributed by atoms with Crippen LogP contribution in [0.2, 0.25) is 0 Å². The summed E-state index contributed by atoms with van der Waals surface area (Å²) in [5.74, 6) is 3.59. The van der Waals surface area contributed by atoms with Crippen molar-refractivity contribution in [2.45, 2.75) is 64.7 Å². The third kappa shape index (κ3) is 5.97. The normalized spacial score (nSPS) is 16.2. The van der Waals surface area contributed by atoms with Crippen molar-refractivity contribution < 1.29 is 4.42 Å². The molecule has 5 heteroatoms. The molecule has 306 valence electrons. The fourth-order valence-corrected chi connectivity index (χ4v) is 10.4. The zero-order valence-corrected chi connectivity index (χ0v) is 36.4. The van der Waals surface area contributed by atoms with Crippen LogP contribution in [-0.4, -0.2) is 19.1 Å². The summed E-state index contributed by atoms with van der Waals surface area (Å²) in [6.07, 6.45) is 10.7. The molecule has 10 aromatic rings. The fraction of sp³-hybridized carbons (Fsp3) is 0.172. The van der Waals surface area contributed by atoms with Gasteiger partial charge in [0.05, 0.1) is 27.8 Å². The van der Waals surface area contributed by atoms with Crippen molar-refractivity contribution in [3.05, 3.63) is 192 Å². The average Bonchev–Trinajstić information content (AvgIpc) is 3.98. The number of hydrogen-bond donors (Lipinski definition) is 0. The summed E-state index contributed by atoms with van der Waals surface area (Å²) in [5.41, 5.74) is 16.5. The van der Waals surface area contributed by atoms with E-state index in [0.717, 1.165) is 52.2 Å². The van der Waals surface area contributed by atoms with E-state index >= 15 is 0 Å². The molecule has 0 saturated carbocycles. The molecule has 2 unspecified atom stereocenters. The molecule has 0 amide bonds. The molecule has 4 aromatic heterocycles. The summed E-state index contributed by atoms with van der Waals surface area (Å²) in [6.45, 7) is 11.4. The predicted molar refractivity (Wildman–Crippen MR) is 261 cm³/mol. The van der Waals surface area contributed by atoms with Crippen molar-refractivity contribution in [2.75, 3.05) is 0 Å². The lowest BCUT2D eigenvalue weighted by molar-refractivity contribution is 0.527. The molecule has 12 rings (SSSR count). The van der Waals surface area contributed by atoms with Gasteiger partial charge < -0.3 is 8.98 Å². The second-order valence-corrected chi connectivity index (χ2v) is 18.7. The van der Waals surface area contributed by atoms with Crippen molar-refractivity contribution >= 4 is 55.3 Å². The maximum atomic E-state index is 6.65. The molecular formula is C58H48N4O. The van der Waals surface area contributed by atoms with Crippen molar-refractivity contribution in [2.24, 2.45) is 0 Å². The largest absolute Gasteiger partial charge is 0.456 e. The quantitative estimate of drug-likeness (QED) is 0.174. The molecule has 0 aliphatic heterocycles. The molecule has 0 N–H and O–H groups in total. The summed E-state index contributed by atoms with van der Waals surface area (Å²) in [5, 5.41) is 4.82. The van der Waals surface area contributed by atoms with Crippen LogP contribution in [0.1, 0.15) is 93.1 Å². The Labute approximate surface area is 367 Å². The Morgan fingerprint density at radius 3 is 1.92 bits per heavy atom. The van der Waals surface area contributed by atoms with Gasteiger partial charge in [0.2, 0.25) is 5.95 Å². The Morgan fingerprint density at radius 1 is 0.571 bits per heavy atom. The minimum Gasteiger partial charge on any atom is -0.456 e. The van der Waals surface area contributed by atoms with E-state index in [1.165, 1.54) is 71.7 Å². The maximum Gasteiger partial charge on any atom is 0.235 e. The number of fused-ring (bicyclic) bond motifs is 9. The van der Waals surface area contributed by atoms with Crippen LogP contribution in [0.25, 0.3) is 89.3 Å². The van der Waals surface area contributed by atoms with E-state index < -0.39 is 0 Å². The van der Waals surface area contributed by atoms with Crippen LogP contribution in [-0.2, 0) is 5.41 Å². The first-order valence-corrected chi connectivity index (χ1v) is 22.4. The van der Waals surface area contributed by atoms with Crippen LogP contribution in [0.4, 0.5) is 0 Å². The van der Waals surface area contributed by atoms with Gasteiger partial charge in [-0.25, -0.2) is 9.97 Å². The number of rotatable bonds is 5. The number of benzene rings is 6. The zero-order valence-electron chi connectivity index (χ0n) is 36.4. The molecule has 2 atom stereocenters. The van der Waals surface area contributed by atoms with Crippen LogP contribution in [0.5, 0.6) is 0 Å². The van der Waals surface area contributed by atoms with Gasteiger partial charge in [-0.15, -0.1) is 0 Å². The Morgan fingerprint density at radius 2 is 1.21 bits per heavy atom. The van der Waals surface area contributed by atoms with Crippen LogP contribution < -0.4 is 0 Å². The first-order valence-electron chi connectivity index (χ1n) is 22.4. The van der Waals surface area contributed by atoms with Gasteiger partial charge in [-0.2, -0.15) is 0 Å². The zero-order chi connectivity index (χ0) is 42.6. The minimum atomic E-state index is 0.0984. The van der Waals surface area contributed by atoms with Crippen molar-refractivity contribution in [3.63, 3.8) is 0 Å². The highest BCUT2D eigenvalue weighted by atomic mass is 16.3. The number of aromatic nitrogens is 4. The molecule has 0 fully saturated rings. The molecule has 0 radical (unpaired) electrons. The molecule has 63 heavy (non-hydrogen) atoms. The van der Waals surface area contributed by atoms with Crippen molar-refractivity contribution in [1.82, 2.24) is 19.1 Å². The Balaban J connectivity index is 0.927. The molecule has 4 heterocycles. The molecule has 0 bridgehead atoms. The van der Waals surface area contributed by atoms with Crippen molar-refractivity contribution in [3.8, 4) is 34.0 Å². The minimum absolute atomic E-state index is 0.0984. The lowest BCUT2D eigenvalue weighted by atomic mass is 9.79. The molecule has 6 aromatic carbocycles. The van der Waals surface area contributed by atoms with Gasteiger partial charge in [-0.1, -0.05) is 126 Å². The highest BCUT2D eigenvalue weighted by Gasteiger charge is 2.32. The summed E-state index contributed by atoms with van der Waals surface area (Å²) in [6, 6.07) is 50.9. The monoisotopic (exact) mass is 816 g/mol. The Kier molecular flexibility index (Phi) is 8.43. The lowest BCUT2D eigenvalue weighted by Crippen LogP contribution is -2.10. The number of hydrogen-bond acceptors (Lipinski definition) is 3. The van der Waals surface area contributed by atoms with Crippen LogP contribution >= 0.6 is 0 Å². The van der Waals surface area contributed by atoms with Gasteiger partial charge in [-0.3, -0.25) is 4.57 Å². The SMILES string of the molecule is CC1CC=Cc2oc3c(c21)C(C)CC=C3c1cccc(-c2ccnc(-n3c4ccccc4c4cc(-c5ccc6c(c5)c5ccccc5n6-c5ccc(C(C)(C)C)cc5)ccc43)n2)c1. The van der Waals surface area contributed by atoms with Gasteiger partial charge in [0.25, 0.3) is 0 Å². The van der Waals surface area contributed by atoms with E-state index in [1.807, 2.05) is 12.3 Å². The maximum absolute atomic E-state index is 6.65. The second kappa shape index (κ2) is 14.1. The molecule has 0 spiro atoms. The van der Waals surface area contributed by atoms with E-state index in [4.69, 9.17) is 14.4 Å². The highest BCUT2D eigenvalue weighted by molar-refractivity contribution is 6.12. The number of allylic oxidation sites excluding steroid dienone is 2. The number of nitrogens with zero attached hydrogens (tertiary/aromatic N) is 4. The first-order chi connectivity index (χ1) is 30.7. The Bertz CT molecular complexity index is 3530. The van der Waals surface area contributed by atoms with Gasteiger partial charge in [-0.05, 0) is 119 Å². The summed E-state index contributed by atoms with van der Waals surface area (Å²) < 4.78 is 11.3. The molecule has 0 saturated heterocycles. The fourth-order valence-electron chi connectivity index (χ4n) is 10.4. The molecule has 2 aliphatic carbocycles. The van der Waals surface area contributed by atoms with Gasteiger partial charge >= 0.3 is 0 Å². The number of furan rings is 1. The van der Waals surface area contributed by atoms with Crippen LogP contribution in [0.15, 0.2) is 162 Å². The van der Waals surface area contributed by atoms with E-state index in [0.29, 0.717) is 17.8 Å². The topological polar surface area (TPSA) is 48.8 Å². The highest BCUT2D eigenvalue weighted by Crippen LogP contribution is 2.47. The lowest BCUT2D eigenvalue weighted by Gasteiger charge is -2.22. The number of para-hydroxylation sites is 2. The van der Waals surface area contributed by atoms with Crippen LogP contribution in [0.3, 0.4) is 0 Å². The van der Waals surface area contributed by atoms with E-state index in [2.05, 4.69) is 195 Å². The standard InChI is InChI=1S/C58H48N4O/c1-35-12-10-19-53-54(35)55-36(2)20-27-43(56(55)63-53)39-13-11-14-40(32-39)48-30-31-59-57(60-48)62-50-18-9-7-16-45(50)47-34-38(22-29-52(47)62)37-21-28-51-46(33-37)44-15-6-8-17-49(44)61(51)42-25-23-41(24-26-42)58(3,4)5/h6-11,13-19,21-36H,12,20H2,1-5H3. The average molecular weight is 817 g/mol. The first kappa shape index (κ1) is 37.5. The van der Waals surface area contributed by atoms with Crippen LogP contribution in [0, 0.1) is 0 Å². The summed E-state index contributed by atoms with van der Waals surface area (Å²) in [7, 11) is 0. The molecule has 2 aliphatic rings. The van der Waals surface area contributed by atoms with Crippen molar-refractivity contribution in [1.29, 1.82) is 0 Å². The Hall–Kier alpha value is -7.24. The van der Waals surface area contributed by atoms with E-state index in [1.54, 1.807) is 0 Å². The third-order valence-corrected chi connectivity index (χ3v) is 13.7. The van der Waals surface area contributed by atoms with E-state index in [-0.39, 0.29) is 5.41 Å². The molecular weight excluding hydrogens is 769 g/mol. The predicted octanol–water partition coefficient (Wildman–Crippen LogP) is 15.4. The third-order valence-electron chi connectivity index (χ3n) is 13.7. The smallest absolute Gasteiger partial charge is 0.235 e. The van der Waals surface area contributed by atoms with Gasteiger partial charge in [0.1, 0.15) is 11.5 Å². The summed E-state index contributed by atoms with van der Waals surface area (Å²) in [4.78, 5) is 10.2. The summed E-state index contributed by atoms with van der Waals surface area (Å²) >= 11 is 0. The van der Waals surface area contributed by atoms with E-state index in [9.17, 15) is 0 Å². The second-order valence-electron chi connectivity index (χ2n) is 18.7. The van der Waals surface area contributed by atoms with Gasteiger partial charge in [0.15, 0.2) is 0 Å². The van der Waals surface area contributed by atoms with Gasteiger partial charge in [0, 0.05) is 55.7 Å².